The lowest BCUT2D eigenvalue weighted by molar-refractivity contribution is 0.191. The van der Waals surface area contributed by atoms with Crippen LogP contribution >= 0.6 is 0 Å². The summed E-state index contributed by atoms with van der Waals surface area (Å²) in [7, 11) is 0. The Bertz CT molecular complexity index is 336. The van der Waals surface area contributed by atoms with Crippen LogP contribution in [0.1, 0.15) is 18.9 Å². The highest BCUT2D eigenvalue weighted by atomic mass is 16.4. The van der Waals surface area contributed by atoms with Crippen LogP contribution in [0.5, 0.6) is 0 Å². The van der Waals surface area contributed by atoms with E-state index in [-0.39, 0.29) is 6.04 Å². The zero-order valence-corrected chi connectivity index (χ0v) is 8.55. The number of amides is 1. The van der Waals surface area contributed by atoms with Gasteiger partial charge in [0.1, 0.15) is 0 Å². The summed E-state index contributed by atoms with van der Waals surface area (Å²) in [6.45, 7) is 1.82. The SMILES string of the molecule is C[C@H](CC=Cc1cccnc1)NC(=O)O. The second kappa shape index (κ2) is 5.80. The van der Waals surface area contributed by atoms with Gasteiger partial charge in [-0.1, -0.05) is 18.2 Å². The van der Waals surface area contributed by atoms with Crippen molar-refractivity contribution in [1.29, 1.82) is 0 Å². The third-order valence-electron chi connectivity index (χ3n) is 1.85. The Kier molecular flexibility index (Phi) is 4.34. The van der Waals surface area contributed by atoms with Crippen molar-refractivity contribution in [3.05, 3.63) is 36.2 Å². The number of carbonyl (C=O) groups is 1. The van der Waals surface area contributed by atoms with E-state index >= 15 is 0 Å². The number of carboxylic acid groups (broad SMARTS) is 1. The molecule has 15 heavy (non-hydrogen) atoms. The van der Waals surface area contributed by atoms with Crippen LogP contribution in [0.4, 0.5) is 4.79 Å². The number of hydrogen-bond acceptors (Lipinski definition) is 2. The van der Waals surface area contributed by atoms with E-state index in [1.54, 1.807) is 12.4 Å². The van der Waals surface area contributed by atoms with Crippen molar-refractivity contribution in [3.8, 4) is 0 Å². The van der Waals surface area contributed by atoms with E-state index in [9.17, 15) is 4.79 Å². The third-order valence-corrected chi connectivity index (χ3v) is 1.85. The Morgan fingerprint density at radius 1 is 1.73 bits per heavy atom. The molecule has 1 heterocycles. The van der Waals surface area contributed by atoms with Crippen LogP contribution in [-0.4, -0.2) is 22.2 Å². The molecule has 1 rings (SSSR count). The molecular weight excluding hydrogens is 192 g/mol. The predicted octanol–water partition coefficient (Wildman–Crippen LogP) is 2.14. The van der Waals surface area contributed by atoms with Crippen LogP contribution in [0.2, 0.25) is 0 Å². The van der Waals surface area contributed by atoms with Crippen LogP contribution in [0.25, 0.3) is 6.08 Å². The highest BCUT2D eigenvalue weighted by Gasteiger charge is 2.01. The van der Waals surface area contributed by atoms with Crippen molar-refractivity contribution < 1.29 is 9.90 Å². The third kappa shape index (κ3) is 4.81. The normalized spacial score (nSPS) is 12.6. The van der Waals surface area contributed by atoms with Gasteiger partial charge in [-0.05, 0) is 25.0 Å². The first kappa shape index (κ1) is 11.2. The number of nitrogens with zero attached hydrogens (tertiary/aromatic N) is 1. The maximum absolute atomic E-state index is 10.3. The first-order valence-corrected chi connectivity index (χ1v) is 4.74. The van der Waals surface area contributed by atoms with E-state index < -0.39 is 6.09 Å². The molecule has 0 saturated heterocycles. The van der Waals surface area contributed by atoms with Gasteiger partial charge in [0.25, 0.3) is 0 Å². The Labute approximate surface area is 88.7 Å². The lowest BCUT2D eigenvalue weighted by atomic mass is 10.2. The van der Waals surface area contributed by atoms with Gasteiger partial charge in [-0.2, -0.15) is 0 Å². The van der Waals surface area contributed by atoms with Gasteiger partial charge in [-0.25, -0.2) is 4.79 Å². The standard InChI is InChI=1S/C11H14N2O2/c1-9(13-11(14)15)4-2-5-10-6-3-7-12-8-10/h2-3,5-9,13H,4H2,1H3,(H,14,15)/t9-/m1/s1. The summed E-state index contributed by atoms with van der Waals surface area (Å²) < 4.78 is 0. The quantitative estimate of drug-likeness (QED) is 0.793. The summed E-state index contributed by atoms with van der Waals surface area (Å²) in [6, 6.07) is 3.73. The molecule has 0 saturated carbocycles. The second-order valence-corrected chi connectivity index (χ2v) is 3.27. The average molecular weight is 206 g/mol. The molecule has 0 radical (unpaired) electrons. The van der Waals surface area contributed by atoms with Crippen molar-refractivity contribution in [1.82, 2.24) is 10.3 Å². The molecule has 0 aliphatic carbocycles. The highest BCUT2D eigenvalue weighted by molar-refractivity contribution is 5.64. The van der Waals surface area contributed by atoms with Gasteiger partial charge in [0.2, 0.25) is 0 Å². The van der Waals surface area contributed by atoms with Crippen molar-refractivity contribution in [2.24, 2.45) is 0 Å². The minimum absolute atomic E-state index is 0.0737. The molecule has 1 aromatic rings. The van der Waals surface area contributed by atoms with Crippen molar-refractivity contribution in [2.45, 2.75) is 19.4 Å². The van der Waals surface area contributed by atoms with Gasteiger partial charge in [0.05, 0.1) is 0 Å². The number of hydrogen-bond donors (Lipinski definition) is 2. The van der Waals surface area contributed by atoms with Gasteiger partial charge in [0, 0.05) is 18.4 Å². The highest BCUT2D eigenvalue weighted by Crippen LogP contribution is 2.01. The van der Waals surface area contributed by atoms with Crippen molar-refractivity contribution in [3.63, 3.8) is 0 Å². The first-order chi connectivity index (χ1) is 7.18. The molecule has 0 bridgehead atoms. The molecule has 0 spiro atoms. The van der Waals surface area contributed by atoms with Gasteiger partial charge >= 0.3 is 6.09 Å². The topological polar surface area (TPSA) is 62.2 Å². The number of aromatic nitrogens is 1. The van der Waals surface area contributed by atoms with E-state index in [4.69, 9.17) is 5.11 Å². The molecule has 0 unspecified atom stereocenters. The van der Waals surface area contributed by atoms with Crippen LogP contribution in [0.15, 0.2) is 30.6 Å². The summed E-state index contributed by atoms with van der Waals surface area (Å²) in [6.07, 6.45) is 7.00. The summed E-state index contributed by atoms with van der Waals surface area (Å²) in [5, 5.41) is 10.8. The summed E-state index contributed by atoms with van der Waals surface area (Å²) in [4.78, 5) is 14.3. The second-order valence-electron chi connectivity index (χ2n) is 3.27. The van der Waals surface area contributed by atoms with Crippen LogP contribution in [0, 0.1) is 0 Å². The lowest BCUT2D eigenvalue weighted by Crippen LogP contribution is -2.30. The zero-order valence-electron chi connectivity index (χ0n) is 8.55. The molecule has 2 N–H and O–H groups in total. The molecule has 0 aliphatic heterocycles. The maximum Gasteiger partial charge on any atom is 0.404 e. The number of nitrogens with one attached hydrogen (secondary N) is 1. The van der Waals surface area contributed by atoms with Gasteiger partial charge < -0.3 is 10.4 Å². The smallest absolute Gasteiger partial charge is 0.404 e. The van der Waals surface area contributed by atoms with Crippen LogP contribution in [0.3, 0.4) is 0 Å². The number of rotatable bonds is 4. The molecule has 0 aliphatic rings. The predicted molar refractivity (Wildman–Crippen MR) is 58.5 cm³/mol. The molecule has 0 fully saturated rings. The Balaban J connectivity index is 2.37. The molecule has 4 heteroatoms. The Hall–Kier alpha value is -1.84. The molecule has 1 amide bonds. The fourth-order valence-corrected chi connectivity index (χ4v) is 1.15. The molecule has 0 aromatic carbocycles. The molecule has 4 nitrogen and oxygen atoms in total. The van der Waals surface area contributed by atoms with Gasteiger partial charge in [-0.15, -0.1) is 0 Å². The van der Waals surface area contributed by atoms with E-state index in [0.717, 1.165) is 5.56 Å². The molecular formula is C11H14N2O2. The molecule has 80 valence electrons. The molecule has 1 atom stereocenters. The monoisotopic (exact) mass is 206 g/mol. The lowest BCUT2D eigenvalue weighted by Gasteiger charge is -2.07. The maximum atomic E-state index is 10.3. The minimum Gasteiger partial charge on any atom is -0.465 e. The fraction of sp³-hybridized carbons (Fsp3) is 0.273. The van der Waals surface area contributed by atoms with Gasteiger partial charge in [0.15, 0.2) is 0 Å². The largest absolute Gasteiger partial charge is 0.465 e. The van der Waals surface area contributed by atoms with E-state index in [0.29, 0.717) is 6.42 Å². The van der Waals surface area contributed by atoms with E-state index in [1.165, 1.54) is 0 Å². The van der Waals surface area contributed by atoms with Crippen molar-refractivity contribution >= 4 is 12.2 Å². The Morgan fingerprint density at radius 3 is 3.13 bits per heavy atom. The summed E-state index contributed by atoms with van der Waals surface area (Å²) in [5.41, 5.74) is 1.01. The summed E-state index contributed by atoms with van der Waals surface area (Å²) >= 11 is 0. The Morgan fingerprint density at radius 2 is 2.53 bits per heavy atom. The van der Waals surface area contributed by atoms with Crippen molar-refractivity contribution in [2.75, 3.05) is 0 Å². The first-order valence-electron chi connectivity index (χ1n) is 4.74. The van der Waals surface area contributed by atoms with E-state index in [1.807, 2.05) is 31.2 Å². The summed E-state index contributed by atoms with van der Waals surface area (Å²) in [5.74, 6) is 0. The fourth-order valence-electron chi connectivity index (χ4n) is 1.15. The number of pyridine rings is 1. The van der Waals surface area contributed by atoms with Crippen LogP contribution in [-0.2, 0) is 0 Å². The zero-order chi connectivity index (χ0) is 11.1. The van der Waals surface area contributed by atoms with Crippen LogP contribution < -0.4 is 5.32 Å². The van der Waals surface area contributed by atoms with Gasteiger partial charge in [-0.3, -0.25) is 4.98 Å². The minimum atomic E-state index is -0.989. The van der Waals surface area contributed by atoms with E-state index in [2.05, 4.69) is 10.3 Å². The molecule has 1 aromatic heterocycles. The average Bonchev–Trinajstić information content (AvgIpc) is 2.18.